The van der Waals surface area contributed by atoms with Gasteiger partial charge in [-0.1, -0.05) is 28.9 Å². The van der Waals surface area contributed by atoms with Crippen LogP contribution in [0.4, 0.5) is 0 Å². The molecule has 0 radical (unpaired) electrons. The molecule has 1 aromatic heterocycles. The number of nitrogens with one attached hydrogen (secondary N) is 1. The molecule has 0 aliphatic carbocycles. The lowest BCUT2D eigenvalue weighted by molar-refractivity contribution is 0.413. The van der Waals surface area contributed by atoms with E-state index in [1.165, 1.54) is 0 Å². The van der Waals surface area contributed by atoms with Crippen LogP contribution in [-0.2, 0) is 0 Å². The second kappa shape index (κ2) is 4.68. The first-order chi connectivity index (χ1) is 7.70. The van der Waals surface area contributed by atoms with E-state index in [-0.39, 0.29) is 6.04 Å². The third-order valence-corrected chi connectivity index (χ3v) is 2.75. The molecule has 3 nitrogen and oxygen atoms in total. The van der Waals surface area contributed by atoms with Gasteiger partial charge in [-0.15, -0.1) is 0 Å². The van der Waals surface area contributed by atoms with Crippen LogP contribution in [-0.4, -0.2) is 12.2 Å². The van der Waals surface area contributed by atoms with E-state index in [0.29, 0.717) is 5.02 Å². The van der Waals surface area contributed by atoms with Crippen LogP contribution in [0.1, 0.15) is 18.7 Å². The zero-order chi connectivity index (χ0) is 11.5. The highest BCUT2D eigenvalue weighted by Gasteiger charge is 2.11. The van der Waals surface area contributed by atoms with E-state index in [9.17, 15) is 0 Å². The Morgan fingerprint density at radius 3 is 2.88 bits per heavy atom. The molecule has 2 rings (SSSR count). The molecule has 2 aromatic rings. The summed E-state index contributed by atoms with van der Waals surface area (Å²) in [6.45, 7) is 2.03. The van der Waals surface area contributed by atoms with Crippen molar-refractivity contribution in [1.82, 2.24) is 10.5 Å². The van der Waals surface area contributed by atoms with Gasteiger partial charge in [0.25, 0.3) is 0 Å². The Morgan fingerprint density at radius 2 is 2.19 bits per heavy atom. The molecule has 16 heavy (non-hydrogen) atoms. The maximum Gasteiger partial charge on any atom is 0.167 e. The number of hydrogen-bond acceptors (Lipinski definition) is 3. The van der Waals surface area contributed by atoms with Crippen LogP contribution < -0.4 is 5.32 Å². The van der Waals surface area contributed by atoms with E-state index in [2.05, 4.69) is 10.5 Å². The van der Waals surface area contributed by atoms with Gasteiger partial charge in [0, 0.05) is 22.7 Å². The Labute approximate surface area is 99.4 Å². The summed E-state index contributed by atoms with van der Waals surface area (Å²) in [6.07, 6.45) is 0. The van der Waals surface area contributed by atoms with Crippen LogP contribution in [0.15, 0.2) is 34.9 Å². The van der Waals surface area contributed by atoms with Crippen LogP contribution in [0.5, 0.6) is 0 Å². The summed E-state index contributed by atoms with van der Waals surface area (Å²) in [5.41, 5.74) is 1.83. The quantitative estimate of drug-likeness (QED) is 0.889. The molecule has 0 aliphatic heterocycles. The lowest BCUT2D eigenvalue weighted by Gasteiger charge is -2.02. The van der Waals surface area contributed by atoms with Crippen molar-refractivity contribution in [3.63, 3.8) is 0 Å². The monoisotopic (exact) mass is 236 g/mol. The molecule has 0 fully saturated rings. The predicted molar refractivity (Wildman–Crippen MR) is 64.4 cm³/mol. The zero-order valence-electron chi connectivity index (χ0n) is 9.20. The third kappa shape index (κ3) is 2.26. The Bertz CT molecular complexity index is 481. The summed E-state index contributed by atoms with van der Waals surface area (Å²) in [5, 5.41) is 7.81. The number of hydrogen-bond donors (Lipinski definition) is 1. The highest BCUT2D eigenvalue weighted by molar-refractivity contribution is 6.30. The molecule has 0 aliphatic rings. The molecule has 0 saturated heterocycles. The minimum absolute atomic E-state index is 0.177. The zero-order valence-corrected chi connectivity index (χ0v) is 9.95. The molecule has 0 bridgehead atoms. The molecule has 1 aromatic carbocycles. The van der Waals surface area contributed by atoms with Gasteiger partial charge in [-0.25, -0.2) is 0 Å². The van der Waals surface area contributed by atoms with Crippen LogP contribution >= 0.6 is 11.6 Å². The summed E-state index contributed by atoms with van der Waals surface area (Å²) < 4.78 is 5.28. The lowest BCUT2D eigenvalue weighted by Crippen LogP contribution is -2.12. The van der Waals surface area contributed by atoms with Crippen LogP contribution in [0, 0.1) is 0 Å². The van der Waals surface area contributed by atoms with Gasteiger partial charge in [0.2, 0.25) is 0 Å². The molecule has 84 valence electrons. The molecule has 4 heteroatoms. The van der Waals surface area contributed by atoms with E-state index < -0.39 is 0 Å². The van der Waals surface area contributed by atoms with E-state index in [1.54, 1.807) is 0 Å². The fraction of sp³-hybridized carbons (Fsp3) is 0.250. The highest BCUT2D eigenvalue weighted by atomic mass is 35.5. The summed E-state index contributed by atoms with van der Waals surface area (Å²) in [4.78, 5) is 0. The van der Waals surface area contributed by atoms with Crippen molar-refractivity contribution in [3.8, 4) is 11.3 Å². The topological polar surface area (TPSA) is 38.1 Å². The van der Waals surface area contributed by atoms with E-state index in [1.807, 2.05) is 44.3 Å². The van der Waals surface area contributed by atoms with Crippen molar-refractivity contribution in [3.05, 3.63) is 41.0 Å². The summed E-state index contributed by atoms with van der Waals surface area (Å²) >= 11 is 5.92. The minimum atomic E-state index is 0.177. The molecule has 1 atom stereocenters. The average Bonchev–Trinajstić information content (AvgIpc) is 2.77. The average molecular weight is 237 g/mol. The van der Waals surface area contributed by atoms with Gasteiger partial charge < -0.3 is 9.84 Å². The Balaban J connectivity index is 2.31. The smallest absolute Gasteiger partial charge is 0.167 e. The number of rotatable bonds is 3. The number of aromatic nitrogens is 1. The standard InChI is InChI=1S/C12H13ClN2O/c1-8(14-2)11-7-12(16-15-11)9-4-3-5-10(13)6-9/h3-8,14H,1-2H3/t8-/m0/s1. The molecular weight excluding hydrogens is 224 g/mol. The van der Waals surface area contributed by atoms with Gasteiger partial charge >= 0.3 is 0 Å². The molecule has 1 N–H and O–H groups in total. The molecular formula is C12H13ClN2O. The summed E-state index contributed by atoms with van der Waals surface area (Å²) in [6, 6.07) is 9.62. The first kappa shape index (κ1) is 11.2. The van der Waals surface area contributed by atoms with Crippen LogP contribution in [0.3, 0.4) is 0 Å². The van der Waals surface area contributed by atoms with Gasteiger partial charge in [-0.3, -0.25) is 0 Å². The summed E-state index contributed by atoms with van der Waals surface area (Å²) in [5.74, 6) is 0.736. The Hall–Kier alpha value is -1.32. The lowest BCUT2D eigenvalue weighted by atomic mass is 10.1. The minimum Gasteiger partial charge on any atom is -0.356 e. The van der Waals surface area contributed by atoms with Gasteiger partial charge in [-0.05, 0) is 26.1 Å². The third-order valence-electron chi connectivity index (χ3n) is 2.51. The van der Waals surface area contributed by atoms with E-state index in [0.717, 1.165) is 17.0 Å². The maximum absolute atomic E-state index is 5.92. The Morgan fingerprint density at radius 1 is 1.38 bits per heavy atom. The second-order valence-corrected chi connectivity index (χ2v) is 4.07. The number of benzene rings is 1. The molecule has 0 amide bonds. The SMILES string of the molecule is CN[C@@H](C)c1cc(-c2cccc(Cl)c2)on1. The first-order valence-electron chi connectivity index (χ1n) is 5.10. The van der Waals surface area contributed by atoms with Crippen LogP contribution in [0.25, 0.3) is 11.3 Å². The molecule has 1 heterocycles. The van der Waals surface area contributed by atoms with Crippen molar-refractivity contribution in [2.24, 2.45) is 0 Å². The Kier molecular flexibility index (Phi) is 3.27. The molecule has 0 spiro atoms. The van der Waals surface area contributed by atoms with Crippen LogP contribution in [0.2, 0.25) is 5.02 Å². The van der Waals surface area contributed by atoms with Gasteiger partial charge in [0.15, 0.2) is 5.76 Å². The van der Waals surface area contributed by atoms with Crippen molar-refractivity contribution in [2.75, 3.05) is 7.05 Å². The van der Waals surface area contributed by atoms with Gasteiger partial charge in [0.1, 0.15) is 5.69 Å². The number of halogens is 1. The summed E-state index contributed by atoms with van der Waals surface area (Å²) in [7, 11) is 1.89. The van der Waals surface area contributed by atoms with Crippen molar-refractivity contribution in [1.29, 1.82) is 0 Å². The normalized spacial score (nSPS) is 12.7. The molecule has 0 unspecified atom stereocenters. The van der Waals surface area contributed by atoms with Crippen molar-refractivity contribution < 1.29 is 4.52 Å². The van der Waals surface area contributed by atoms with Crippen molar-refractivity contribution >= 4 is 11.6 Å². The van der Waals surface area contributed by atoms with E-state index >= 15 is 0 Å². The highest BCUT2D eigenvalue weighted by Crippen LogP contribution is 2.25. The second-order valence-electron chi connectivity index (χ2n) is 3.64. The fourth-order valence-electron chi connectivity index (χ4n) is 1.42. The number of nitrogens with zero attached hydrogens (tertiary/aromatic N) is 1. The van der Waals surface area contributed by atoms with Crippen molar-refractivity contribution in [2.45, 2.75) is 13.0 Å². The first-order valence-corrected chi connectivity index (χ1v) is 5.48. The fourth-order valence-corrected chi connectivity index (χ4v) is 1.61. The van der Waals surface area contributed by atoms with E-state index in [4.69, 9.17) is 16.1 Å². The van der Waals surface area contributed by atoms with Gasteiger partial charge in [-0.2, -0.15) is 0 Å². The largest absolute Gasteiger partial charge is 0.356 e. The predicted octanol–water partition coefficient (Wildman–Crippen LogP) is 3.28. The molecule has 0 saturated carbocycles. The maximum atomic E-state index is 5.92. The van der Waals surface area contributed by atoms with Gasteiger partial charge in [0.05, 0.1) is 0 Å².